The monoisotopic (exact) mass is 265 g/mol. The van der Waals surface area contributed by atoms with Crippen molar-refractivity contribution in [2.24, 2.45) is 0 Å². The summed E-state index contributed by atoms with van der Waals surface area (Å²) in [6, 6.07) is 8.16. The molecule has 0 amide bonds. The minimum Gasteiger partial charge on any atom is -0.369 e. The molecule has 1 nitrogen and oxygen atoms in total. The van der Waals surface area contributed by atoms with Crippen LogP contribution in [0.5, 0.6) is 0 Å². The smallest absolute Gasteiger partial charge is 0.0474 e. The minimum absolute atomic E-state index is 0.547. The zero-order valence-corrected chi connectivity index (χ0v) is 10.7. The van der Waals surface area contributed by atoms with Crippen molar-refractivity contribution in [3.05, 3.63) is 29.8 Å². The van der Waals surface area contributed by atoms with Gasteiger partial charge in [-0.05, 0) is 17.7 Å². The van der Waals surface area contributed by atoms with Crippen LogP contribution in [0.2, 0.25) is 0 Å². The molecule has 0 unspecified atom stereocenters. The quantitative estimate of drug-likeness (QED) is 0.710. The van der Waals surface area contributed by atoms with Gasteiger partial charge in [-0.25, -0.2) is 0 Å². The van der Waals surface area contributed by atoms with Gasteiger partial charge in [0.15, 0.2) is 0 Å². The van der Waals surface area contributed by atoms with Crippen molar-refractivity contribution in [1.29, 1.82) is 0 Å². The van der Waals surface area contributed by atoms with Crippen LogP contribution in [-0.2, 0) is 5.88 Å². The lowest BCUT2D eigenvalue weighted by Crippen LogP contribution is -2.27. The van der Waals surface area contributed by atoms with Gasteiger partial charge in [0.05, 0.1) is 0 Å². The molecule has 0 N–H and O–H groups in total. The molecule has 0 heterocycles. The molecule has 0 aromatic heterocycles. The molecule has 0 aliphatic rings. The third-order valence-corrected chi connectivity index (χ3v) is 2.81. The fourth-order valence-corrected chi connectivity index (χ4v) is 1.96. The molecule has 0 saturated carbocycles. The SMILES string of the molecule is ClCCN(CCCl)c1ccc(CCl)cc1. The van der Waals surface area contributed by atoms with Gasteiger partial charge in [-0.3, -0.25) is 0 Å². The van der Waals surface area contributed by atoms with Crippen molar-refractivity contribution in [3.8, 4) is 0 Å². The summed E-state index contributed by atoms with van der Waals surface area (Å²) in [5.74, 6) is 1.76. The van der Waals surface area contributed by atoms with E-state index in [1.54, 1.807) is 0 Å². The first kappa shape index (κ1) is 13.0. The van der Waals surface area contributed by atoms with E-state index in [1.807, 2.05) is 12.1 Å². The van der Waals surface area contributed by atoms with Crippen LogP contribution in [0.15, 0.2) is 24.3 Å². The molecule has 0 aliphatic heterocycles. The maximum Gasteiger partial charge on any atom is 0.0474 e. The molecule has 0 spiro atoms. The van der Waals surface area contributed by atoms with Crippen LogP contribution in [0.4, 0.5) is 5.69 Å². The molecule has 0 saturated heterocycles. The highest BCUT2D eigenvalue weighted by molar-refractivity contribution is 6.18. The summed E-state index contributed by atoms with van der Waals surface area (Å²) in [5.41, 5.74) is 2.27. The van der Waals surface area contributed by atoms with Crippen molar-refractivity contribution in [3.63, 3.8) is 0 Å². The van der Waals surface area contributed by atoms with Crippen molar-refractivity contribution in [1.82, 2.24) is 0 Å². The number of halogens is 3. The van der Waals surface area contributed by atoms with E-state index in [2.05, 4.69) is 17.0 Å². The number of nitrogens with zero attached hydrogens (tertiary/aromatic N) is 1. The third kappa shape index (κ3) is 4.10. The largest absolute Gasteiger partial charge is 0.369 e. The lowest BCUT2D eigenvalue weighted by atomic mass is 10.2. The average molecular weight is 267 g/mol. The van der Waals surface area contributed by atoms with Gasteiger partial charge in [0.25, 0.3) is 0 Å². The van der Waals surface area contributed by atoms with Crippen LogP contribution in [0.1, 0.15) is 5.56 Å². The molecule has 1 aromatic carbocycles. The van der Waals surface area contributed by atoms with Gasteiger partial charge in [-0.15, -0.1) is 34.8 Å². The molecule has 0 radical (unpaired) electrons. The van der Waals surface area contributed by atoms with E-state index in [1.165, 1.54) is 0 Å². The number of rotatable bonds is 6. The fraction of sp³-hybridized carbons (Fsp3) is 0.455. The number of benzene rings is 1. The van der Waals surface area contributed by atoms with Crippen LogP contribution in [0.25, 0.3) is 0 Å². The molecule has 0 aliphatic carbocycles. The van der Waals surface area contributed by atoms with Crippen LogP contribution in [0.3, 0.4) is 0 Å². The zero-order valence-electron chi connectivity index (χ0n) is 8.43. The lowest BCUT2D eigenvalue weighted by molar-refractivity contribution is 0.873. The minimum atomic E-state index is 0.547. The summed E-state index contributed by atoms with van der Waals surface area (Å²) < 4.78 is 0. The molecule has 0 atom stereocenters. The Morgan fingerprint density at radius 1 is 0.867 bits per heavy atom. The van der Waals surface area contributed by atoms with E-state index in [4.69, 9.17) is 34.8 Å². The number of anilines is 1. The van der Waals surface area contributed by atoms with Gasteiger partial charge in [0.1, 0.15) is 0 Å². The zero-order chi connectivity index (χ0) is 11.1. The van der Waals surface area contributed by atoms with Crippen LogP contribution < -0.4 is 4.90 Å². The molecule has 4 heteroatoms. The third-order valence-electron chi connectivity index (χ3n) is 2.16. The number of hydrogen-bond acceptors (Lipinski definition) is 1. The van der Waals surface area contributed by atoms with Crippen molar-refractivity contribution in [2.75, 3.05) is 29.7 Å². The Balaban J connectivity index is 2.72. The maximum absolute atomic E-state index is 5.73. The Labute approximate surface area is 106 Å². The van der Waals surface area contributed by atoms with Crippen LogP contribution in [-0.4, -0.2) is 24.8 Å². The van der Waals surface area contributed by atoms with E-state index in [0.29, 0.717) is 17.6 Å². The molecular formula is C11H14Cl3N. The highest BCUT2D eigenvalue weighted by atomic mass is 35.5. The predicted molar refractivity (Wildman–Crippen MR) is 69.7 cm³/mol. The van der Waals surface area contributed by atoms with Crippen molar-refractivity contribution < 1.29 is 0 Å². The molecule has 0 bridgehead atoms. The van der Waals surface area contributed by atoms with Gasteiger partial charge in [-0.1, -0.05) is 12.1 Å². The summed E-state index contributed by atoms with van der Waals surface area (Å²) in [5, 5.41) is 0. The fourth-order valence-electron chi connectivity index (χ4n) is 1.37. The van der Waals surface area contributed by atoms with E-state index in [-0.39, 0.29) is 0 Å². The van der Waals surface area contributed by atoms with Gasteiger partial charge in [-0.2, -0.15) is 0 Å². The molecule has 1 aromatic rings. The van der Waals surface area contributed by atoms with E-state index in [9.17, 15) is 0 Å². The second-order valence-electron chi connectivity index (χ2n) is 3.17. The Kier molecular flexibility index (Phi) is 6.23. The Morgan fingerprint density at radius 2 is 1.40 bits per heavy atom. The average Bonchev–Trinajstić information content (AvgIpc) is 2.29. The van der Waals surface area contributed by atoms with E-state index >= 15 is 0 Å². The highest BCUT2D eigenvalue weighted by Crippen LogP contribution is 2.16. The number of alkyl halides is 3. The van der Waals surface area contributed by atoms with Crippen molar-refractivity contribution >= 4 is 40.5 Å². The molecule has 0 fully saturated rings. The molecule has 15 heavy (non-hydrogen) atoms. The Bertz CT molecular complexity index is 268. The Morgan fingerprint density at radius 3 is 1.80 bits per heavy atom. The first-order valence-electron chi connectivity index (χ1n) is 4.83. The highest BCUT2D eigenvalue weighted by Gasteiger charge is 2.04. The Hall–Kier alpha value is -0.110. The van der Waals surface area contributed by atoms with E-state index < -0.39 is 0 Å². The predicted octanol–water partition coefficient (Wildman–Crippen LogP) is 3.71. The first-order valence-corrected chi connectivity index (χ1v) is 6.44. The normalized spacial score (nSPS) is 10.3. The summed E-state index contributed by atoms with van der Waals surface area (Å²) in [6.07, 6.45) is 0. The van der Waals surface area contributed by atoms with Gasteiger partial charge >= 0.3 is 0 Å². The molecular weight excluding hydrogens is 252 g/mol. The summed E-state index contributed by atoms with van der Waals surface area (Å²) in [7, 11) is 0. The second kappa shape index (κ2) is 7.21. The van der Waals surface area contributed by atoms with Gasteiger partial charge in [0.2, 0.25) is 0 Å². The van der Waals surface area contributed by atoms with Gasteiger partial charge in [0, 0.05) is 36.4 Å². The first-order chi connectivity index (χ1) is 7.31. The number of hydrogen-bond donors (Lipinski definition) is 0. The van der Waals surface area contributed by atoms with Crippen molar-refractivity contribution in [2.45, 2.75) is 5.88 Å². The molecule has 84 valence electrons. The summed E-state index contributed by atoms with van der Waals surface area (Å²) in [6.45, 7) is 1.63. The molecule has 1 rings (SSSR count). The van der Waals surface area contributed by atoms with Crippen LogP contribution >= 0.6 is 34.8 Å². The van der Waals surface area contributed by atoms with Gasteiger partial charge < -0.3 is 4.90 Å². The second-order valence-corrected chi connectivity index (χ2v) is 4.19. The summed E-state index contributed by atoms with van der Waals surface area (Å²) in [4.78, 5) is 2.16. The standard InChI is InChI=1S/C11H14Cl3N/c12-5-7-15(8-6-13)11-3-1-10(9-14)2-4-11/h1-4H,5-9H2. The lowest BCUT2D eigenvalue weighted by Gasteiger charge is -2.22. The topological polar surface area (TPSA) is 3.24 Å². The summed E-state index contributed by atoms with van der Waals surface area (Å²) >= 11 is 17.2. The van der Waals surface area contributed by atoms with E-state index in [0.717, 1.165) is 24.3 Å². The van der Waals surface area contributed by atoms with Crippen LogP contribution in [0, 0.1) is 0 Å². The maximum atomic E-state index is 5.73.